The van der Waals surface area contributed by atoms with E-state index >= 15 is 0 Å². The molecule has 0 bridgehead atoms. The summed E-state index contributed by atoms with van der Waals surface area (Å²) in [6.45, 7) is 7.36. The number of hydrogen-bond acceptors (Lipinski definition) is 5. The van der Waals surface area contributed by atoms with Crippen molar-refractivity contribution in [1.29, 1.82) is 0 Å². The molecule has 0 radical (unpaired) electrons. The second-order valence-corrected chi connectivity index (χ2v) is 7.17. The molecule has 0 saturated carbocycles. The van der Waals surface area contributed by atoms with Crippen LogP contribution >= 0.6 is 24.0 Å². The molecule has 0 amide bonds. The van der Waals surface area contributed by atoms with Crippen molar-refractivity contribution in [3.05, 3.63) is 23.9 Å². The van der Waals surface area contributed by atoms with E-state index < -0.39 is 0 Å². The van der Waals surface area contributed by atoms with Gasteiger partial charge in [-0.25, -0.2) is 9.98 Å². The Bertz CT molecular complexity index is 656. The number of piperidine rings is 1. The SMILES string of the molecule is CCNC(=NCc1ccnc(N2CCCC2)c1)N1CCC(C(=O)OC)CC1.I. The van der Waals surface area contributed by atoms with Crippen LogP contribution in [-0.2, 0) is 16.1 Å². The molecule has 1 N–H and O–H groups in total. The summed E-state index contributed by atoms with van der Waals surface area (Å²) in [6, 6.07) is 4.19. The number of guanidine groups is 1. The number of nitrogens with one attached hydrogen (secondary N) is 1. The number of carbonyl (C=O) groups is 1. The summed E-state index contributed by atoms with van der Waals surface area (Å²) in [6.07, 6.45) is 6.00. The molecule has 1 aromatic rings. The zero-order valence-corrected chi connectivity index (χ0v) is 19.2. The van der Waals surface area contributed by atoms with Crippen LogP contribution in [0.25, 0.3) is 0 Å². The van der Waals surface area contributed by atoms with Crippen LogP contribution in [0, 0.1) is 5.92 Å². The average Bonchev–Trinajstić information content (AvgIpc) is 3.26. The summed E-state index contributed by atoms with van der Waals surface area (Å²) in [5, 5.41) is 3.38. The van der Waals surface area contributed by atoms with Gasteiger partial charge in [0.25, 0.3) is 0 Å². The van der Waals surface area contributed by atoms with Crippen LogP contribution in [0.5, 0.6) is 0 Å². The number of anilines is 1. The Kier molecular flexibility index (Phi) is 9.27. The summed E-state index contributed by atoms with van der Waals surface area (Å²) >= 11 is 0. The van der Waals surface area contributed by atoms with E-state index in [4.69, 9.17) is 9.73 Å². The van der Waals surface area contributed by atoms with E-state index in [1.165, 1.54) is 25.5 Å². The maximum atomic E-state index is 11.7. The van der Waals surface area contributed by atoms with Gasteiger partial charge in [0.05, 0.1) is 19.6 Å². The largest absolute Gasteiger partial charge is 0.469 e. The molecule has 0 unspecified atom stereocenters. The van der Waals surface area contributed by atoms with Gasteiger partial charge >= 0.3 is 5.97 Å². The van der Waals surface area contributed by atoms with Crippen LogP contribution in [0.2, 0.25) is 0 Å². The zero-order valence-electron chi connectivity index (χ0n) is 16.9. The van der Waals surface area contributed by atoms with Gasteiger partial charge in [-0.05, 0) is 50.3 Å². The van der Waals surface area contributed by atoms with E-state index in [0.717, 1.165) is 57.3 Å². The highest BCUT2D eigenvalue weighted by atomic mass is 127. The van der Waals surface area contributed by atoms with E-state index in [1.54, 1.807) is 0 Å². The van der Waals surface area contributed by atoms with Gasteiger partial charge in [0.15, 0.2) is 5.96 Å². The lowest BCUT2D eigenvalue weighted by Crippen LogP contribution is -2.46. The van der Waals surface area contributed by atoms with Crippen molar-refractivity contribution in [2.75, 3.05) is 44.7 Å². The first-order valence-corrected chi connectivity index (χ1v) is 10.0. The molecule has 1 aromatic heterocycles. The van der Waals surface area contributed by atoms with Crippen LogP contribution in [0.3, 0.4) is 0 Å². The first kappa shape index (κ1) is 22.7. The molecule has 3 rings (SSSR count). The molecule has 28 heavy (non-hydrogen) atoms. The minimum atomic E-state index is -0.0946. The van der Waals surface area contributed by atoms with Crippen molar-refractivity contribution < 1.29 is 9.53 Å². The van der Waals surface area contributed by atoms with Gasteiger partial charge in [0, 0.05) is 38.9 Å². The highest BCUT2D eigenvalue weighted by Gasteiger charge is 2.27. The topological polar surface area (TPSA) is 70.1 Å². The summed E-state index contributed by atoms with van der Waals surface area (Å²) in [4.78, 5) is 25.7. The summed E-state index contributed by atoms with van der Waals surface area (Å²) < 4.78 is 4.88. The standard InChI is InChI=1S/C20H31N5O2.HI/c1-3-21-20(25-12-7-17(8-13-25)19(26)27-2)23-15-16-6-9-22-18(14-16)24-10-4-5-11-24;/h6,9,14,17H,3-5,7-8,10-13,15H2,1-2H3,(H,21,23);1H. The van der Waals surface area contributed by atoms with Gasteiger partial charge in [0.2, 0.25) is 0 Å². The molecule has 0 spiro atoms. The molecule has 0 aromatic carbocycles. The maximum absolute atomic E-state index is 11.7. The molecule has 0 aliphatic carbocycles. The van der Waals surface area contributed by atoms with Crippen molar-refractivity contribution in [2.24, 2.45) is 10.9 Å². The zero-order chi connectivity index (χ0) is 19.1. The lowest BCUT2D eigenvalue weighted by Gasteiger charge is -2.33. The third-order valence-electron chi connectivity index (χ3n) is 5.32. The molecular weight excluding hydrogens is 469 g/mol. The van der Waals surface area contributed by atoms with E-state index in [1.807, 2.05) is 12.3 Å². The van der Waals surface area contributed by atoms with Gasteiger partial charge in [-0.3, -0.25) is 4.79 Å². The fourth-order valence-corrected chi connectivity index (χ4v) is 3.76. The Hall–Kier alpha value is -1.58. The predicted octanol–water partition coefficient (Wildman–Crippen LogP) is 2.65. The highest BCUT2D eigenvalue weighted by molar-refractivity contribution is 14.0. The predicted molar refractivity (Wildman–Crippen MR) is 122 cm³/mol. The molecule has 0 atom stereocenters. The Balaban J connectivity index is 0.00000280. The third kappa shape index (κ3) is 5.96. The van der Waals surface area contributed by atoms with Crippen molar-refractivity contribution in [2.45, 2.75) is 39.2 Å². The second-order valence-electron chi connectivity index (χ2n) is 7.17. The Morgan fingerprint density at radius 3 is 2.64 bits per heavy atom. The quantitative estimate of drug-likeness (QED) is 0.290. The number of aliphatic imine (C=N–C) groups is 1. The number of aromatic nitrogens is 1. The second kappa shape index (κ2) is 11.4. The lowest BCUT2D eigenvalue weighted by atomic mass is 9.97. The molecule has 156 valence electrons. The van der Waals surface area contributed by atoms with Crippen LogP contribution in [0.15, 0.2) is 23.3 Å². The Labute approximate surface area is 184 Å². The van der Waals surface area contributed by atoms with Crippen molar-refractivity contribution in [1.82, 2.24) is 15.2 Å². The average molecular weight is 501 g/mol. The summed E-state index contributed by atoms with van der Waals surface area (Å²) in [5.41, 5.74) is 1.17. The van der Waals surface area contributed by atoms with Crippen LogP contribution in [0.1, 0.15) is 38.2 Å². The van der Waals surface area contributed by atoms with E-state index in [-0.39, 0.29) is 35.9 Å². The molecule has 7 nitrogen and oxygen atoms in total. The van der Waals surface area contributed by atoms with Gasteiger partial charge in [-0.2, -0.15) is 0 Å². The fourth-order valence-electron chi connectivity index (χ4n) is 3.76. The van der Waals surface area contributed by atoms with Crippen molar-refractivity contribution in [3.8, 4) is 0 Å². The number of rotatable bonds is 5. The molecule has 8 heteroatoms. The van der Waals surface area contributed by atoms with Gasteiger partial charge < -0.3 is 19.9 Å². The first-order chi connectivity index (χ1) is 13.2. The molecular formula is C20H32IN5O2. The molecule has 2 aliphatic rings. The number of halogens is 1. The minimum absolute atomic E-state index is 0. The van der Waals surface area contributed by atoms with E-state index in [9.17, 15) is 4.79 Å². The van der Waals surface area contributed by atoms with Crippen LogP contribution in [0.4, 0.5) is 5.82 Å². The minimum Gasteiger partial charge on any atom is -0.469 e. The highest BCUT2D eigenvalue weighted by Crippen LogP contribution is 2.20. The number of nitrogens with zero attached hydrogens (tertiary/aromatic N) is 4. The molecule has 2 aliphatic heterocycles. The van der Waals surface area contributed by atoms with E-state index in [2.05, 4.69) is 33.1 Å². The maximum Gasteiger partial charge on any atom is 0.308 e. The van der Waals surface area contributed by atoms with Crippen molar-refractivity contribution in [3.63, 3.8) is 0 Å². The van der Waals surface area contributed by atoms with Gasteiger partial charge in [-0.15, -0.1) is 24.0 Å². The number of hydrogen-bond donors (Lipinski definition) is 1. The molecule has 2 saturated heterocycles. The van der Waals surface area contributed by atoms with Gasteiger partial charge in [-0.1, -0.05) is 0 Å². The monoisotopic (exact) mass is 501 g/mol. The Morgan fingerprint density at radius 1 is 1.29 bits per heavy atom. The van der Waals surface area contributed by atoms with Crippen LogP contribution < -0.4 is 10.2 Å². The first-order valence-electron chi connectivity index (χ1n) is 10.0. The number of methoxy groups -OCH3 is 1. The van der Waals surface area contributed by atoms with Gasteiger partial charge in [0.1, 0.15) is 5.82 Å². The Morgan fingerprint density at radius 2 is 2.00 bits per heavy atom. The summed E-state index contributed by atoms with van der Waals surface area (Å²) in [7, 11) is 1.46. The number of likely N-dealkylation sites (tertiary alicyclic amines) is 1. The van der Waals surface area contributed by atoms with Crippen molar-refractivity contribution >= 4 is 41.7 Å². The molecule has 3 heterocycles. The normalized spacial score (nSPS) is 18.0. The fraction of sp³-hybridized carbons (Fsp3) is 0.650. The lowest BCUT2D eigenvalue weighted by molar-refractivity contribution is -0.146. The summed E-state index contributed by atoms with van der Waals surface area (Å²) in [5.74, 6) is 1.89. The van der Waals surface area contributed by atoms with E-state index in [0.29, 0.717) is 6.54 Å². The number of carbonyl (C=O) groups excluding carboxylic acids is 1. The smallest absolute Gasteiger partial charge is 0.308 e. The molecule has 2 fully saturated rings. The number of pyridine rings is 1. The van der Waals surface area contributed by atoms with Crippen LogP contribution in [-0.4, -0.2) is 61.6 Å². The third-order valence-corrected chi connectivity index (χ3v) is 5.32. The number of ether oxygens (including phenoxy) is 1. The number of esters is 1.